The minimum Gasteiger partial charge on any atom is -0.378 e. The van der Waals surface area contributed by atoms with Gasteiger partial charge in [-0.1, -0.05) is 135 Å². The normalized spacial score (nSPS) is 17.1. The molecule has 0 bridgehead atoms. The number of rotatable bonds is 10. The van der Waals surface area contributed by atoms with E-state index in [9.17, 15) is 9.59 Å². The fraction of sp³-hybridized carbons (Fsp3) is 0.414. The number of aromatic nitrogens is 2. The molecule has 4 aliphatic rings. The molecule has 0 amide bonds. The lowest BCUT2D eigenvalue weighted by Gasteiger charge is -2.41. The van der Waals surface area contributed by atoms with Crippen LogP contribution in [-0.4, -0.2) is 182 Å². The fourth-order valence-electron chi connectivity index (χ4n) is 9.55. The summed E-state index contributed by atoms with van der Waals surface area (Å²) in [5, 5.41) is 8.83. The van der Waals surface area contributed by atoms with Crippen LogP contribution in [0.1, 0.15) is 82.1 Å². The van der Waals surface area contributed by atoms with Gasteiger partial charge in [-0.3, -0.25) is 9.59 Å². The largest absolute Gasteiger partial charge is 0.378 e. The first-order chi connectivity index (χ1) is 35.8. The monoisotopic (exact) mass is 1000 g/mol. The van der Waals surface area contributed by atoms with Crippen LogP contribution in [-0.2, 0) is 20.3 Å². The van der Waals surface area contributed by atoms with Crippen LogP contribution >= 0.6 is 0 Å². The number of carbonyl (C=O) groups is 2. The standard InChI is InChI=1S/C30H38N6O2.C28H32N4O4/c1-30(2,25-12-8-11-24(21-25)28(37)23-9-6-5-7-10-23)26-22-27(38-32-26)31-29(35-17-13-33(3)14-18-35)36-19-15-34(4)16-20-36;1-28(2,23-10-6-9-22(19-23)26(33)21-7-4-3-5-8-21)24-20-25(36-30-24)29-27(31-11-15-34-16-12-31)32-13-17-35-18-14-32/h5-12,21-22H,13-20H2,1-4H3;3-10,19-20H,11-18H2,1-2H3. The van der Waals surface area contributed by atoms with Crippen molar-refractivity contribution in [1.29, 1.82) is 0 Å². The lowest BCUT2D eigenvalue weighted by atomic mass is 9.80. The Kier molecular flexibility index (Phi) is 16.5. The Balaban J connectivity index is 0.000000182. The number of nitrogens with zero attached hydrogens (tertiary/aromatic N) is 10. The van der Waals surface area contributed by atoms with Crippen molar-refractivity contribution in [2.45, 2.75) is 38.5 Å². The molecule has 74 heavy (non-hydrogen) atoms. The summed E-state index contributed by atoms with van der Waals surface area (Å²) >= 11 is 0. The molecule has 0 aliphatic carbocycles. The summed E-state index contributed by atoms with van der Waals surface area (Å²) in [4.78, 5) is 49.9. The summed E-state index contributed by atoms with van der Waals surface area (Å²) in [6, 6.07) is 38.1. The second kappa shape index (κ2) is 23.5. The zero-order valence-corrected chi connectivity index (χ0v) is 43.8. The van der Waals surface area contributed by atoms with Crippen LogP contribution in [0.25, 0.3) is 0 Å². The van der Waals surface area contributed by atoms with Crippen molar-refractivity contribution in [3.8, 4) is 0 Å². The Hall–Kier alpha value is -6.98. The number of hydrogen-bond donors (Lipinski definition) is 0. The van der Waals surface area contributed by atoms with Gasteiger partial charge in [0.25, 0.3) is 11.8 Å². The van der Waals surface area contributed by atoms with Crippen LogP contribution in [0.5, 0.6) is 0 Å². The van der Waals surface area contributed by atoms with Gasteiger partial charge in [0.1, 0.15) is 0 Å². The van der Waals surface area contributed by atoms with Crippen molar-refractivity contribution in [3.63, 3.8) is 0 Å². The SMILES string of the molecule is CC(C)(c1cccc(C(=O)c2ccccc2)c1)c1cc(N=C(N2CCOCC2)N2CCOCC2)on1.CN1CCN(C(=Nc2cc(C(C)(C)c3cccc(C(=O)c4ccccc4)c3)no2)N2CCN(C)CC2)CC1. The van der Waals surface area contributed by atoms with E-state index in [1.54, 1.807) is 0 Å². The lowest BCUT2D eigenvalue weighted by Crippen LogP contribution is -2.56. The molecule has 0 spiro atoms. The Morgan fingerprint density at radius 1 is 0.432 bits per heavy atom. The number of carbonyl (C=O) groups excluding carboxylic acids is 2. The molecule has 0 unspecified atom stereocenters. The minimum atomic E-state index is -0.484. The van der Waals surface area contributed by atoms with Crippen LogP contribution in [0.15, 0.2) is 140 Å². The molecule has 0 radical (unpaired) electrons. The third kappa shape index (κ3) is 12.3. The molecule has 0 saturated carbocycles. The van der Waals surface area contributed by atoms with E-state index < -0.39 is 10.8 Å². The van der Waals surface area contributed by atoms with Gasteiger partial charge in [-0.25, -0.2) is 0 Å². The van der Waals surface area contributed by atoms with Crippen LogP contribution in [0.2, 0.25) is 0 Å². The van der Waals surface area contributed by atoms with Crippen LogP contribution in [0, 0.1) is 0 Å². The van der Waals surface area contributed by atoms with Crippen molar-refractivity contribution >= 4 is 35.3 Å². The number of ketones is 2. The molecule has 6 heterocycles. The summed E-state index contributed by atoms with van der Waals surface area (Å²) in [5.41, 5.74) is 5.24. The molecule has 4 saturated heterocycles. The molecular formula is C58H70N10O6. The summed E-state index contributed by atoms with van der Waals surface area (Å²) < 4.78 is 22.6. The van der Waals surface area contributed by atoms with Crippen molar-refractivity contribution in [1.82, 2.24) is 39.7 Å². The van der Waals surface area contributed by atoms with Gasteiger partial charge in [-0.05, 0) is 37.4 Å². The van der Waals surface area contributed by atoms with Gasteiger partial charge in [-0.2, -0.15) is 9.98 Å². The minimum absolute atomic E-state index is 0.000596. The smallest absolute Gasteiger partial charge is 0.253 e. The molecule has 0 atom stereocenters. The molecule has 4 fully saturated rings. The molecule has 0 N–H and O–H groups in total. The molecule has 4 aromatic carbocycles. The van der Waals surface area contributed by atoms with Gasteiger partial charge in [0, 0.05) is 124 Å². The van der Waals surface area contributed by atoms with E-state index in [0.717, 1.165) is 113 Å². The number of guanidine groups is 2. The average Bonchev–Trinajstić information content (AvgIpc) is 4.15. The van der Waals surface area contributed by atoms with Crippen molar-refractivity contribution in [2.75, 3.05) is 119 Å². The van der Waals surface area contributed by atoms with Gasteiger partial charge in [0.2, 0.25) is 11.9 Å². The highest BCUT2D eigenvalue weighted by atomic mass is 16.5. The zero-order valence-electron chi connectivity index (χ0n) is 43.8. The summed E-state index contributed by atoms with van der Waals surface area (Å²) in [6.45, 7) is 22.0. The van der Waals surface area contributed by atoms with Crippen molar-refractivity contribution in [2.24, 2.45) is 9.98 Å². The zero-order chi connectivity index (χ0) is 51.7. The molecular weight excluding hydrogens is 933 g/mol. The van der Waals surface area contributed by atoms with Gasteiger partial charge in [0.05, 0.1) is 37.8 Å². The molecule has 6 aromatic rings. The van der Waals surface area contributed by atoms with Gasteiger partial charge < -0.3 is 47.9 Å². The van der Waals surface area contributed by atoms with Crippen LogP contribution in [0.3, 0.4) is 0 Å². The van der Waals surface area contributed by atoms with Crippen molar-refractivity contribution in [3.05, 3.63) is 166 Å². The maximum Gasteiger partial charge on any atom is 0.253 e. The predicted octanol–water partition coefficient (Wildman–Crippen LogP) is 7.60. The summed E-state index contributed by atoms with van der Waals surface area (Å²) in [6.07, 6.45) is 0. The Morgan fingerprint density at radius 3 is 1.14 bits per heavy atom. The predicted molar refractivity (Wildman–Crippen MR) is 287 cm³/mol. The Morgan fingerprint density at radius 2 is 0.770 bits per heavy atom. The highest BCUT2D eigenvalue weighted by molar-refractivity contribution is 6.09. The van der Waals surface area contributed by atoms with Crippen LogP contribution in [0.4, 0.5) is 11.8 Å². The second-order valence-corrected chi connectivity index (χ2v) is 20.5. The van der Waals surface area contributed by atoms with Crippen molar-refractivity contribution < 1.29 is 28.1 Å². The first-order valence-electron chi connectivity index (χ1n) is 25.9. The van der Waals surface area contributed by atoms with E-state index in [1.165, 1.54) is 0 Å². The van der Waals surface area contributed by atoms with E-state index in [1.807, 2.05) is 121 Å². The maximum atomic E-state index is 13.1. The average molecular weight is 1000 g/mol. The number of hydrogen-bond acceptors (Lipinski definition) is 12. The van der Waals surface area contributed by atoms with Crippen LogP contribution < -0.4 is 0 Å². The lowest BCUT2D eigenvalue weighted by molar-refractivity contribution is 0.0421. The van der Waals surface area contributed by atoms with Gasteiger partial charge in [-0.15, -0.1) is 0 Å². The molecule has 2 aromatic heterocycles. The molecule has 16 heteroatoms. The van der Waals surface area contributed by atoms with E-state index in [2.05, 4.69) is 81.5 Å². The third-order valence-corrected chi connectivity index (χ3v) is 14.6. The number of morpholine rings is 2. The van der Waals surface area contributed by atoms with E-state index in [0.29, 0.717) is 60.4 Å². The number of aliphatic imine (C=N–C) groups is 2. The molecule has 388 valence electrons. The summed E-state index contributed by atoms with van der Waals surface area (Å²) in [5.74, 6) is 2.83. The van der Waals surface area contributed by atoms with E-state index >= 15 is 0 Å². The number of benzene rings is 4. The molecule has 10 rings (SSSR count). The fourth-order valence-corrected chi connectivity index (χ4v) is 9.55. The quantitative estimate of drug-likeness (QED) is 0.0754. The maximum absolute atomic E-state index is 13.1. The highest BCUT2D eigenvalue weighted by Gasteiger charge is 2.32. The summed E-state index contributed by atoms with van der Waals surface area (Å²) in [7, 11) is 4.33. The number of piperazine rings is 2. The first-order valence-corrected chi connectivity index (χ1v) is 25.9. The van der Waals surface area contributed by atoms with E-state index in [4.69, 9.17) is 28.5 Å². The third-order valence-electron chi connectivity index (χ3n) is 14.6. The van der Waals surface area contributed by atoms with Gasteiger partial charge in [0.15, 0.2) is 11.6 Å². The first kappa shape index (κ1) is 51.9. The number of likely N-dealkylation sites (N-methyl/N-ethyl adjacent to an activating group) is 2. The molecule has 16 nitrogen and oxygen atoms in total. The number of ether oxygens (including phenoxy) is 2. The second-order valence-electron chi connectivity index (χ2n) is 20.5. The highest BCUT2D eigenvalue weighted by Crippen LogP contribution is 2.35. The van der Waals surface area contributed by atoms with E-state index in [-0.39, 0.29) is 11.6 Å². The van der Waals surface area contributed by atoms with Gasteiger partial charge >= 0.3 is 0 Å². The topological polar surface area (TPSA) is 149 Å². The Labute approximate surface area is 435 Å². The Bertz CT molecular complexity index is 2820. The molecule has 4 aliphatic heterocycles.